The molecule has 3 heterocycles. The molecule has 3 unspecified atom stereocenters. The molecule has 0 aliphatic carbocycles. The van der Waals surface area contributed by atoms with E-state index in [1.165, 1.54) is 7.11 Å². The number of carbonyl (C=O) groups is 3. The van der Waals surface area contributed by atoms with Gasteiger partial charge in [-0.3, -0.25) is 14.4 Å². The van der Waals surface area contributed by atoms with E-state index in [1.54, 1.807) is 9.80 Å². The van der Waals surface area contributed by atoms with Crippen LogP contribution in [-0.2, 0) is 19.1 Å². The van der Waals surface area contributed by atoms with Crippen LogP contribution >= 0.6 is 0 Å². The molecule has 21 heavy (non-hydrogen) atoms. The summed E-state index contributed by atoms with van der Waals surface area (Å²) in [5.74, 6) is -0.235. The predicted molar refractivity (Wildman–Crippen MR) is 72.3 cm³/mol. The number of piperazine rings is 2. The largest absolute Gasteiger partial charge is 0.375 e. The van der Waals surface area contributed by atoms with Gasteiger partial charge < -0.3 is 25.2 Å². The van der Waals surface area contributed by atoms with Crippen molar-refractivity contribution in [2.24, 2.45) is 0 Å². The smallest absolute Gasteiger partial charge is 0.247 e. The Morgan fingerprint density at radius 2 is 2.10 bits per heavy atom. The lowest BCUT2D eigenvalue weighted by atomic mass is 10.0. The van der Waals surface area contributed by atoms with E-state index < -0.39 is 12.1 Å². The van der Waals surface area contributed by atoms with Crippen LogP contribution in [0.1, 0.15) is 6.42 Å². The molecule has 0 spiro atoms. The molecular formula is C13H20N4O4. The van der Waals surface area contributed by atoms with E-state index >= 15 is 0 Å². The van der Waals surface area contributed by atoms with E-state index in [0.29, 0.717) is 26.1 Å². The summed E-state index contributed by atoms with van der Waals surface area (Å²) in [4.78, 5) is 39.9. The number of nitrogens with zero attached hydrogens (tertiary/aromatic N) is 2. The summed E-state index contributed by atoms with van der Waals surface area (Å²) in [6.45, 7) is 2.18. The fourth-order valence-corrected chi connectivity index (χ4v) is 3.39. The molecule has 8 nitrogen and oxygen atoms in total. The highest BCUT2D eigenvalue weighted by atomic mass is 16.5. The van der Waals surface area contributed by atoms with Gasteiger partial charge in [-0.1, -0.05) is 0 Å². The monoisotopic (exact) mass is 296 g/mol. The predicted octanol–water partition coefficient (Wildman–Crippen LogP) is -2.47. The lowest BCUT2D eigenvalue weighted by molar-refractivity contribution is -0.160. The van der Waals surface area contributed by atoms with Crippen molar-refractivity contribution in [3.8, 4) is 0 Å². The number of amides is 3. The maximum atomic E-state index is 12.5. The van der Waals surface area contributed by atoms with Crippen molar-refractivity contribution >= 4 is 17.7 Å². The molecule has 3 aliphatic heterocycles. The number of hydrogen-bond acceptors (Lipinski definition) is 5. The molecule has 3 atom stereocenters. The maximum absolute atomic E-state index is 12.5. The highest BCUT2D eigenvalue weighted by Gasteiger charge is 2.50. The Labute approximate surface area is 122 Å². The summed E-state index contributed by atoms with van der Waals surface area (Å²) in [7, 11) is 1.45. The van der Waals surface area contributed by atoms with Gasteiger partial charge in [-0.05, 0) is 6.42 Å². The normalized spacial score (nSPS) is 32.0. The Kier molecular flexibility index (Phi) is 3.81. The van der Waals surface area contributed by atoms with E-state index in [0.717, 1.165) is 6.54 Å². The van der Waals surface area contributed by atoms with Crippen LogP contribution in [0, 0.1) is 0 Å². The summed E-state index contributed by atoms with van der Waals surface area (Å²) in [6.07, 6.45) is 0.483. The zero-order valence-electron chi connectivity index (χ0n) is 12.0. The number of fused-ring (bicyclic) bond motifs is 2. The van der Waals surface area contributed by atoms with Gasteiger partial charge in [0.25, 0.3) is 0 Å². The first-order valence-electron chi connectivity index (χ1n) is 7.22. The number of methoxy groups -OCH3 is 1. The molecule has 3 aliphatic rings. The first kappa shape index (κ1) is 14.3. The minimum Gasteiger partial charge on any atom is -0.375 e. The van der Waals surface area contributed by atoms with Crippen LogP contribution in [0.15, 0.2) is 0 Å². The highest BCUT2D eigenvalue weighted by Crippen LogP contribution is 2.27. The first-order valence-corrected chi connectivity index (χ1v) is 7.22. The summed E-state index contributed by atoms with van der Waals surface area (Å²) in [6, 6.07) is -1.00. The lowest BCUT2D eigenvalue weighted by Crippen LogP contribution is -2.68. The number of carbonyl (C=O) groups excluding carboxylic acids is 3. The molecule has 116 valence electrons. The third kappa shape index (κ3) is 2.49. The van der Waals surface area contributed by atoms with E-state index in [9.17, 15) is 14.4 Å². The Morgan fingerprint density at radius 1 is 1.33 bits per heavy atom. The average Bonchev–Trinajstić information content (AvgIpc) is 2.89. The fraction of sp³-hybridized carbons (Fsp3) is 0.769. The van der Waals surface area contributed by atoms with Gasteiger partial charge in [-0.15, -0.1) is 0 Å². The molecule has 0 aromatic heterocycles. The Balaban J connectivity index is 1.70. The Morgan fingerprint density at radius 3 is 2.86 bits per heavy atom. The summed E-state index contributed by atoms with van der Waals surface area (Å²) in [5, 5.41) is 5.96. The van der Waals surface area contributed by atoms with Crippen molar-refractivity contribution in [2.75, 3.05) is 39.9 Å². The SMILES string of the molecule is COCC(=O)NC1CC2C(=O)N3CCNCC3C(=O)N2C1. The van der Waals surface area contributed by atoms with Crippen molar-refractivity contribution in [2.45, 2.75) is 24.5 Å². The van der Waals surface area contributed by atoms with Gasteiger partial charge in [0.15, 0.2) is 0 Å². The molecule has 8 heteroatoms. The van der Waals surface area contributed by atoms with Crippen molar-refractivity contribution in [3.05, 3.63) is 0 Å². The van der Waals surface area contributed by atoms with E-state index in [1.807, 2.05) is 0 Å². The molecule has 0 saturated carbocycles. The van der Waals surface area contributed by atoms with Crippen molar-refractivity contribution in [3.63, 3.8) is 0 Å². The number of nitrogens with one attached hydrogen (secondary N) is 2. The molecule has 3 saturated heterocycles. The van der Waals surface area contributed by atoms with Gasteiger partial charge in [-0.2, -0.15) is 0 Å². The van der Waals surface area contributed by atoms with Crippen LogP contribution in [0.4, 0.5) is 0 Å². The second kappa shape index (κ2) is 5.61. The maximum Gasteiger partial charge on any atom is 0.247 e. The molecular weight excluding hydrogens is 276 g/mol. The van der Waals surface area contributed by atoms with Gasteiger partial charge in [0.1, 0.15) is 18.7 Å². The van der Waals surface area contributed by atoms with Crippen molar-refractivity contribution in [1.29, 1.82) is 0 Å². The van der Waals surface area contributed by atoms with Crippen molar-refractivity contribution < 1.29 is 19.1 Å². The molecule has 0 aromatic carbocycles. The number of hydrogen-bond donors (Lipinski definition) is 2. The lowest BCUT2D eigenvalue weighted by Gasteiger charge is -2.44. The molecule has 0 aromatic rings. The van der Waals surface area contributed by atoms with Gasteiger partial charge in [0, 0.05) is 39.3 Å². The number of rotatable bonds is 3. The van der Waals surface area contributed by atoms with Crippen LogP contribution < -0.4 is 10.6 Å². The molecule has 3 fully saturated rings. The summed E-state index contributed by atoms with van der Waals surface area (Å²) in [5.41, 5.74) is 0. The number of ether oxygens (including phenoxy) is 1. The van der Waals surface area contributed by atoms with Crippen LogP contribution in [0.3, 0.4) is 0 Å². The van der Waals surface area contributed by atoms with E-state index in [2.05, 4.69) is 10.6 Å². The van der Waals surface area contributed by atoms with E-state index in [4.69, 9.17) is 4.74 Å². The second-order valence-corrected chi connectivity index (χ2v) is 5.69. The van der Waals surface area contributed by atoms with Crippen LogP contribution in [0.5, 0.6) is 0 Å². The summed E-state index contributed by atoms with van der Waals surface area (Å²) >= 11 is 0. The zero-order chi connectivity index (χ0) is 15.0. The zero-order valence-corrected chi connectivity index (χ0v) is 12.0. The van der Waals surface area contributed by atoms with Gasteiger partial charge in [0.2, 0.25) is 17.7 Å². The Bertz CT molecular complexity index is 437. The highest BCUT2D eigenvalue weighted by molar-refractivity contribution is 5.98. The average molecular weight is 296 g/mol. The van der Waals surface area contributed by atoms with Crippen LogP contribution in [-0.4, -0.2) is 85.5 Å². The van der Waals surface area contributed by atoms with Crippen molar-refractivity contribution in [1.82, 2.24) is 20.4 Å². The fourth-order valence-electron chi connectivity index (χ4n) is 3.39. The van der Waals surface area contributed by atoms with Crippen LogP contribution in [0.2, 0.25) is 0 Å². The summed E-state index contributed by atoms with van der Waals surface area (Å²) < 4.78 is 4.78. The third-order valence-electron chi connectivity index (χ3n) is 4.32. The molecule has 3 rings (SSSR count). The molecule has 3 amide bonds. The first-order chi connectivity index (χ1) is 10.1. The standard InChI is InChI=1S/C13H20N4O4/c1-21-7-11(18)15-8-4-9-12(19)16-3-2-14-5-10(16)13(20)17(9)6-8/h8-10,14H,2-7H2,1H3,(H,15,18). The second-order valence-electron chi connectivity index (χ2n) is 5.69. The van der Waals surface area contributed by atoms with E-state index in [-0.39, 0.29) is 30.4 Å². The van der Waals surface area contributed by atoms with Gasteiger partial charge in [-0.25, -0.2) is 0 Å². The van der Waals surface area contributed by atoms with Crippen LogP contribution in [0.25, 0.3) is 0 Å². The van der Waals surface area contributed by atoms with Gasteiger partial charge in [0.05, 0.1) is 0 Å². The molecule has 2 N–H and O–H groups in total. The minimum atomic E-state index is -0.431. The minimum absolute atomic E-state index is 0.00425. The molecule has 0 radical (unpaired) electrons. The quantitative estimate of drug-likeness (QED) is 0.602. The Hall–Kier alpha value is -1.67. The molecule has 0 bridgehead atoms. The van der Waals surface area contributed by atoms with Gasteiger partial charge >= 0.3 is 0 Å². The third-order valence-corrected chi connectivity index (χ3v) is 4.32. The topological polar surface area (TPSA) is 91.0 Å².